The second kappa shape index (κ2) is 6.77. The molecule has 6 heteroatoms. The second-order valence-corrected chi connectivity index (χ2v) is 8.32. The van der Waals surface area contributed by atoms with E-state index in [1.54, 1.807) is 17.9 Å². The van der Waals surface area contributed by atoms with Gasteiger partial charge in [-0.25, -0.2) is 12.8 Å². The number of benzene rings is 1. The molecule has 0 radical (unpaired) electrons. The molecule has 1 aromatic rings. The first-order valence-electron chi connectivity index (χ1n) is 7.49. The van der Waals surface area contributed by atoms with Crippen molar-refractivity contribution in [3.63, 3.8) is 0 Å². The van der Waals surface area contributed by atoms with Crippen LogP contribution in [0.1, 0.15) is 30.4 Å². The Bertz CT molecular complexity index is 649. The molecule has 2 rings (SSSR count). The number of nitrogens with zero attached hydrogens (tertiary/aromatic N) is 1. The molecule has 1 aliphatic heterocycles. The number of hydrogen-bond acceptors (Lipinski definition) is 3. The van der Waals surface area contributed by atoms with E-state index in [1.165, 1.54) is 12.3 Å². The topological polar surface area (TPSA) is 54.5 Å². The number of sulfone groups is 1. The molecule has 0 N–H and O–H groups in total. The zero-order chi connectivity index (χ0) is 16.3. The van der Waals surface area contributed by atoms with Gasteiger partial charge in [0.15, 0.2) is 0 Å². The number of rotatable bonds is 4. The van der Waals surface area contributed by atoms with E-state index in [-0.39, 0.29) is 17.0 Å². The number of carbonyl (C=O) groups is 1. The molecule has 0 spiro atoms. The van der Waals surface area contributed by atoms with Crippen molar-refractivity contribution >= 4 is 15.7 Å². The van der Waals surface area contributed by atoms with Crippen molar-refractivity contribution in [3.8, 4) is 0 Å². The van der Waals surface area contributed by atoms with Crippen molar-refractivity contribution in [1.82, 2.24) is 4.90 Å². The number of amides is 1. The average molecular weight is 327 g/mol. The Labute approximate surface area is 131 Å². The summed E-state index contributed by atoms with van der Waals surface area (Å²) in [5.41, 5.74) is 1.40. The van der Waals surface area contributed by atoms with E-state index in [0.29, 0.717) is 44.3 Å². The van der Waals surface area contributed by atoms with Crippen molar-refractivity contribution in [2.45, 2.75) is 37.9 Å². The molecule has 0 bridgehead atoms. The highest BCUT2D eigenvalue weighted by molar-refractivity contribution is 7.91. The lowest BCUT2D eigenvalue weighted by Crippen LogP contribution is -2.42. The zero-order valence-electron chi connectivity index (χ0n) is 13.0. The van der Waals surface area contributed by atoms with Crippen LogP contribution in [0.3, 0.4) is 0 Å². The van der Waals surface area contributed by atoms with E-state index < -0.39 is 9.84 Å². The number of hydrogen-bond donors (Lipinski definition) is 0. The predicted molar refractivity (Wildman–Crippen MR) is 83.9 cm³/mol. The molecule has 0 aliphatic carbocycles. The number of carbonyl (C=O) groups excluding carboxylic acids is 1. The minimum Gasteiger partial charge on any atom is -0.343 e. The third-order valence-corrected chi connectivity index (χ3v) is 5.95. The highest BCUT2D eigenvalue weighted by Crippen LogP contribution is 2.18. The molecule has 22 heavy (non-hydrogen) atoms. The van der Waals surface area contributed by atoms with Crippen LogP contribution >= 0.6 is 0 Å². The zero-order valence-corrected chi connectivity index (χ0v) is 13.8. The number of aryl methyl sites for hydroxylation is 2. The maximum Gasteiger partial charge on any atom is 0.222 e. The summed E-state index contributed by atoms with van der Waals surface area (Å²) in [5, 5.41) is -0.331. The SMILES string of the molecule is Cc1ccc(CCC(=O)N2CCC(S(C)(=O)=O)CC2)cc1F. The Kier molecular flexibility index (Phi) is 5.21. The van der Waals surface area contributed by atoms with Gasteiger partial charge in [0.1, 0.15) is 15.7 Å². The van der Waals surface area contributed by atoms with Crippen LogP contribution in [0, 0.1) is 12.7 Å². The Balaban J connectivity index is 1.85. The van der Waals surface area contributed by atoms with Gasteiger partial charge < -0.3 is 4.90 Å². The largest absolute Gasteiger partial charge is 0.343 e. The van der Waals surface area contributed by atoms with E-state index in [0.717, 1.165) is 5.56 Å². The standard InChI is InChI=1S/C16H22FNO3S/c1-12-3-4-13(11-15(12)17)5-6-16(19)18-9-7-14(8-10-18)22(2,20)21/h3-4,11,14H,5-10H2,1-2H3. The van der Waals surface area contributed by atoms with Crippen LogP contribution in [-0.2, 0) is 21.1 Å². The Hall–Kier alpha value is -1.43. The lowest BCUT2D eigenvalue weighted by atomic mass is 10.1. The summed E-state index contributed by atoms with van der Waals surface area (Å²) in [5.74, 6) is -0.244. The van der Waals surface area contributed by atoms with Crippen molar-refractivity contribution < 1.29 is 17.6 Å². The summed E-state index contributed by atoms with van der Waals surface area (Å²) in [6.45, 7) is 2.67. The first-order valence-corrected chi connectivity index (χ1v) is 9.44. The van der Waals surface area contributed by atoms with Crippen LogP contribution in [0.2, 0.25) is 0 Å². The summed E-state index contributed by atoms with van der Waals surface area (Å²) in [6, 6.07) is 5.02. The lowest BCUT2D eigenvalue weighted by molar-refractivity contribution is -0.132. The van der Waals surface area contributed by atoms with Crippen LogP contribution in [0.25, 0.3) is 0 Å². The van der Waals surface area contributed by atoms with E-state index in [2.05, 4.69) is 0 Å². The van der Waals surface area contributed by atoms with Gasteiger partial charge in [0.2, 0.25) is 5.91 Å². The van der Waals surface area contributed by atoms with Crippen molar-refractivity contribution in [2.75, 3.05) is 19.3 Å². The van der Waals surface area contributed by atoms with Crippen LogP contribution in [-0.4, -0.2) is 43.8 Å². The van der Waals surface area contributed by atoms with E-state index in [4.69, 9.17) is 0 Å². The molecule has 1 aromatic carbocycles. The quantitative estimate of drug-likeness (QED) is 0.851. The second-order valence-electron chi connectivity index (χ2n) is 5.99. The van der Waals surface area contributed by atoms with Gasteiger partial charge in [0.05, 0.1) is 5.25 Å². The molecule has 122 valence electrons. The van der Waals surface area contributed by atoms with E-state index in [9.17, 15) is 17.6 Å². The highest BCUT2D eigenvalue weighted by Gasteiger charge is 2.28. The summed E-state index contributed by atoms with van der Waals surface area (Å²) in [7, 11) is -3.02. The summed E-state index contributed by atoms with van der Waals surface area (Å²) in [6.07, 6.45) is 3.09. The average Bonchev–Trinajstić information content (AvgIpc) is 2.47. The Morgan fingerprint density at radius 1 is 1.32 bits per heavy atom. The minimum absolute atomic E-state index is 0.00735. The fourth-order valence-corrected chi connectivity index (χ4v) is 3.80. The molecule has 0 aromatic heterocycles. The van der Waals surface area contributed by atoms with E-state index >= 15 is 0 Å². The maximum atomic E-state index is 13.5. The molecular formula is C16H22FNO3S. The summed E-state index contributed by atoms with van der Waals surface area (Å²) in [4.78, 5) is 13.9. The normalized spacial score (nSPS) is 16.8. The first-order chi connectivity index (χ1) is 10.3. The van der Waals surface area contributed by atoms with Crippen molar-refractivity contribution in [2.24, 2.45) is 0 Å². The minimum atomic E-state index is -3.02. The molecule has 1 aliphatic rings. The van der Waals surface area contributed by atoms with Gasteiger partial charge in [-0.15, -0.1) is 0 Å². The fraction of sp³-hybridized carbons (Fsp3) is 0.562. The third-order valence-electron chi connectivity index (χ3n) is 4.26. The van der Waals surface area contributed by atoms with Gasteiger partial charge in [-0.2, -0.15) is 0 Å². The fourth-order valence-electron chi connectivity index (χ4n) is 2.73. The molecule has 0 unspecified atom stereocenters. The molecule has 1 saturated heterocycles. The number of halogens is 1. The highest BCUT2D eigenvalue weighted by atomic mass is 32.2. The molecule has 0 saturated carbocycles. The first kappa shape index (κ1) is 16.9. The molecule has 0 atom stereocenters. The van der Waals surface area contributed by atoms with Crippen molar-refractivity contribution in [3.05, 3.63) is 35.1 Å². The Morgan fingerprint density at radius 2 is 1.95 bits per heavy atom. The molecular weight excluding hydrogens is 305 g/mol. The van der Waals surface area contributed by atoms with Gasteiger partial charge in [-0.05, 0) is 43.4 Å². The monoisotopic (exact) mass is 327 g/mol. The van der Waals surface area contributed by atoms with Crippen LogP contribution < -0.4 is 0 Å². The summed E-state index contributed by atoms with van der Waals surface area (Å²) >= 11 is 0. The third kappa shape index (κ3) is 4.29. The summed E-state index contributed by atoms with van der Waals surface area (Å²) < 4.78 is 36.4. The molecule has 1 amide bonds. The van der Waals surface area contributed by atoms with Gasteiger partial charge in [0.25, 0.3) is 0 Å². The smallest absolute Gasteiger partial charge is 0.222 e. The number of piperidine rings is 1. The maximum absolute atomic E-state index is 13.5. The van der Waals surface area contributed by atoms with Gasteiger partial charge in [-0.1, -0.05) is 12.1 Å². The molecule has 4 nitrogen and oxygen atoms in total. The van der Waals surface area contributed by atoms with Gasteiger partial charge in [0, 0.05) is 25.8 Å². The Morgan fingerprint density at radius 3 is 2.50 bits per heavy atom. The van der Waals surface area contributed by atoms with Crippen LogP contribution in [0.4, 0.5) is 4.39 Å². The molecule has 1 fully saturated rings. The van der Waals surface area contributed by atoms with Gasteiger partial charge >= 0.3 is 0 Å². The van der Waals surface area contributed by atoms with Crippen LogP contribution in [0.5, 0.6) is 0 Å². The van der Waals surface area contributed by atoms with E-state index in [1.807, 2.05) is 6.07 Å². The van der Waals surface area contributed by atoms with Gasteiger partial charge in [-0.3, -0.25) is 4.79 Å². The predicted octanol–water partition coefficient (Wildman–Crippen LogP) is 2.10. The molecule has 1 heterocycles. The number of likely N-dealkylation sites (tertiary alicyclic amines) is 1. The van der Waals surface area contributed by atoms with Crippen molar-refractivity contribution in [1.29, 1.82) is 0 Å². The van der Waals surface area contributed by atoms with Crippen LogP contribution in [0.15, 0.2) is 18.2 Å². The lowest BCUT2D eigenvalue weighted by Gasteiger charge is -2.31.